The van der Waals surface area contributed by atoms with E-state index < -0.39 is 6.04 Å². The van der Waals surface area contributed by atoms with Gasteiger partial charge in [0.1, 0.15) is 5.75 Å². The molecule has 0 bridgehead atoms. The quantitative estimate of drug-likeness (QED) is 0.238. The van der Waals surface area contributed by atoms with Crippen molar-refractivity contribution in [2.75, 3.05) is 0 Å². The fraction of sp³-hybridized carbons (Fsp3) is 0.476. The number of carbonyl (C=O) groups excluding carboxylic acids is 2. The number of carbonyl (C=O) groups is 1. The summed E-state index contributed by atoms with van der Waals surface area (Å²) < 4.78 is 0.541. The van der Waals surface area contributed by atoms with Crippen molar-refractivity contribution in [1.29, 1.82) is 0 Å². The Morgan fingerprint density at radius 2 is 2.00 bits per heavy atom. The summed E-state index contributed by atoms with van der Waals surface area (Å²) in [6.45, 7) is 9.14. The molecule has 0 fully saturated rings. The van der Waals surface area contributed by atoms with Crippen LogP contribution in [0, 0.1) is 6.92 Å². The summed E-state index contributed by atoms with van der Waals surface area (Å²) in [6.07, 6.45) is 8.67. The van der Waals surface area contributed by atoms with E-state index in [4.69, 9.17) is 5.11 Å². The smallest absolute Gasteiger partial charge is 0.508 e. The van der Waals surface area contributed by atoms with E-state index in [1.165, 1.54) is 12.8 Å². The van der Waals surface area contributed by atoms with Crippen LogP contribution in [0.2, 0.25) is 0 Å². The molecule has 1 aromatic carbocycles. The van der Waals surface area contributed by atoms with Crippen molar-refractivity contribution in [2.45, 2.75) is 64.3 Å². The van der Waals surface area contributed by atoms with Crippen LogP contribution in [-0.4, -0.2) is 34.6 Å². The van der Waals surface area contributed by atoms with Crippen molar-refractivity contribution in [3.63, 3.8) is 0 Å². The van der Waals surface area contributed by atoms with Gasteiger partial charge in [-0.05, 0) is 11.6 Å². The van der Waals surface area contributed by atoms with Gasteiger partial charge in [0.2, 0.25) is 0 Å². The molecule has 0 unspecified atom stereocenters. The third-order valence-electron chi connectivity index (χ3n) is 3.79. The average Bonchev–Trinajstić information content (AvgIpc) is 2.68. The summed E-state index contributed by atoms with van der Waals surface area (Å²) in [6, 6.07) is 6.57. The van der Waals surface area contributed by atoms with Crippen molar-refractivity contribution < 1.29 is 30.3 Å². The van der Waals surface area contributed by atoms with Crippen LogP contribution in [0.4, 0.5) is 0 Å². The number of amides is 1. The van der Waals surface area contributed by atoms with Gasteiger partial charge in [-0.3, -0.25) is 0 Å². The number of para-hydroxylation sites is 1. The van der Waals surface area contributed by atoms with E-state index >= 15 is 0 Å². The number of rotatable bonds is 12. The second kappa shape index (κ2) is 16.4. The summed E-state index contributed by atoms with van der Waals surface area (Å²) in [5.41, 5.74) is 0.900. The number of benzene rings is 1. The fourth-order valence-corrected chi connectivity index (χ4v) is 2.47. The Morgan fingerprint density at radius 1 is 1.33 bits per heavy atom. The van der Waals surface area contributed by atoms with Crippen LogP contribution in [0.3, 0.4) is 0 Å². The van der Waals surface area contributed by atoms with Gasteiger partial charge in [-0.2, -0.15) is 6.42 Å². The van der Waals surface area contributed by atoms with Crippen molar-refractivity contribution in [2.24, 2.45) is 4.99 Å². The number of nitrogens with zero attached hydrogens (tertiary/aromatic N) is 1. The molecule has 0 spiro atoms. The van der Waals surface area contributed by atoms with Gasteiger partial charge in [0, 0.05) is 0 Å². The summed E-state index contributed by atoms with van der Waals surface area (Å²) in [5, 5.41) is 11.7. The van der Waals surface area contributed by atoms with E-state index in [2.05, 4.69) is 46.4 Å². The first kappa shape index (κ1) is 25.2. The zero-order valence-electron chi connectivity index (χ0n) is 16.0. The number of phenols is 1. The van der Waals surface area contributed by atoms with Gasteiger partial charge in [0.15, 0.2) is 0 Å². The standard InChI is InChI=1S/C13H21N2O2.C8H9O.Mn/c1-3-4-5-6-7-8-13(17)15-12(11-16)9-10-14-2;1-2-7-5-3-4-6-8(7)9;/h12H,2-9H2,1H3,(H,15,17);3-6,9H,1-2H2;/q2*-1;/t12-;;/m1../s1. The van der Waals surface area contributed by atoms with Gasteiger partial charge in [0.25, 0.3) is 0 Å². The number of hydrogen-bond acceptors (Lipinski definition) is 4. The summed E-state index contributed by atoms with van der Waals surface area (Å²) in [5.74, 6) is 0.233. The summed E-state index contributed by atoms with van der Waals surface area (Å²) >= 11 is 3.15. The third kappa shape index (κ3) is 13.1. The van der Waals surface area contributed by atoms with Crippen molar-refractivity contribution >= 4 is 23.5 Å². The van der Waals surface area contributed by atoms with E-state index in [-0.39, 0.29) is 5.91 Å². The Kier molecular flexibility index (Phi) is 15.3. The number of nitrogens with one attached hydrogen (secondary N) is 1. The molecule has 0 heterocycles. The molecule has 0 radical (unpaired) electrons. The topological polar surface area (TPSA) is 78.8 Å². The second-order valence-electron chi connectivity index (χ2n) is 6.02. The molecule has 1 aromatic rings. The normalized spacial score (nSPS) is 10.9. The van der Waals surface area contributed by atoms with Crippen LogP contribution in [0.15, 0.2) is 29.3 Å². The predicted molar refractivity (Wildman–Crippen MR) is 107 cm³/mol. The maximum atomic E-state index is 11.6. The molecule has 2 N–H and O–H groups in total. The zero-order chi connectivity index (χ0) is 20.5. The number of unbranched alkanes of at least 4 members (excludes halogenated alkanes) is 4. The average molecular weight is 413 g/mol. The van der Waals surface area contributed by atoms with Gasteiger partial charge in [-0.25, -0.2) is 0 Å². The molecule has 1 amide bonds. The Balaban J connectivity index is 0.000000621. The monoisotopic (exact) mass is 413 g/mol. The van der Waals surface area contributed by atoms with Crippen LogP contribution < -0.4 is 5.32 Å². The van der Waals surface area contributed by atoms with Gasteiger partial charge >= 0.3 is 117 Å². The first-order valence-electron chi connectivity index (χ1n) is 9.19. The molecular formula is C21H30MnN2O3-2. The second-order valence-corrected chi connectivity index (χ2v) is 6.70. The molecule has 0 saturated carbocycles. The minimum Gasteiger partial charge on any atom is -0.508 e. The summed E-state index contributed by atoms with van der Waals surface area (Å²) in [7, 11) is 0. The van der Waals surface area contributed by atoms with E-state index in [0.717, 1.165) is 24.8 Å². The Labute approximate surface area is 171 Å². The molecule has 0 aliphatic rings. The number of aliphatic imine (C=N–C) groups is 1. The first-order valence-corrected chi connectivity index (χ1v) is 9.78. The number of phenolic OH excluding ortho intramolecular Hbond substituents is 1. The molecule has 27 heavy (non-hydrogen) atoms. The number of hydrogen-bond donors (Lipinski definition) is 2. The van der Waals surface area contributed by atoms with E-state index in [1.807, 2.05) is 12.1 Å². The van der Waals surface area contributed by atoms with Crippen molar-refractivity contribution in [3.05, 3.63) is 36.8 Å². The van der Waals surface area contributed by atoms with Crippen LogP contribution in [0.25, 0.3) is 0 Å². The number of aromatic hydroxyl groups is 1. The van der Waals surface area contributed by atoms with Gasteiger partial charge in [-0.15, -0.1) is 0 Å². The SMILES string of the molecule is C=N[C](=[Mn])C[C@H]([C-]=O)NC(=O)CCCCCCC.[CH2-]Cc1ccccc1O. The fourth-order valence-electron chi connectivity index (χ4n) is 2.23. The van der Waals surface area contributed by atoms with E-state index in [9.17, 15) is 9.59 Å². The van der Waals surface area contributed by atoms with Crippen molar-refractivity contribution in [1.82, 2.24) is 5.32 Å². The van der Waals surface area contributed by atoms with Gasteiger partial charge in [-0.1, -0.05) is 18.2 Å². The molecule has 6 heteroatoms. The molecule has 0 aromatic heterocycles. The minimum absolute atomic E-state index is 0.107. The Hall–Kier alpha value is -1.78. The molecule has 5 nitrogen and oxygen atoms in total. The molecule has 0 aliphatic heterocycles. The molecular weight excluding hydrogens is 383 g/mol. The van der Waals surface area contributed by atoms with Gasteiger partial charge in [0.05, 0.1) is 0 Å². The Morgan fingerprint density at radius 3 is 2.52 bits per heavy atom. The van der Waals surface area contributed by atoms with Crippen LogP contribution >= 0.6 is 0 Å². The predicted octanol–water partition coefficient (Wildman–Crippen LogP) is 3.48. The first-order chi connectivity index (χ1) is 13.0. The van der Waals surface area contributed by atoms with E-state index in [1.54, 1.807) is 18.4 Å². The summed E-state index contributed by atoms with van der Waals surface area (Å²) in [4.78, 5) is 25.9. The van der Waals surface area contributed by atoms with Crippen molar-refractivity contribution in [3.8, 4) is 5.75 Å². The van der Waals surface area contributed by atoms with Crippen LogP contribution in [-0.2, 0) is 31.6 Å². The zero-order valence-corrected chi connectivity index (χ0v) is 17.2. The van der Waals surface area contributed by atoms with Crippen LogP contribution in [0.5, 0.6) is 5.75 Å². The molecule has 0 aliphatic carbocycles. The maximum absolute atomic E-state index is 11.6. The Bertz CT molecular complexity index is 591. The molecule has 1 atom stereocenters. The van der Waals surface area contributed by atoms with E-state index in [0.29, 0.717) is 29.6 Å². The van der Waals surface area contributed by atoms with Gasteiger partial charge < -0.3 is 12.0 Å². The minimum atomic E-state index is -0.645. The third-order valence-corrected chi connectivity index (χ3v) is 4.22. The molecule has 151 valence electrons. The molecule has 1 rings (SSSR count). The van der Waals surface area contributed by atoms with Crippen LogP contribution in [0.1, 0.15) is 57.4 Å². The molecule has 0 saturated heterocycles.